The van der Waals surface area contributed by atoms with Crippen molar-refractivity contribution in [2.45, 2.75) is 6.92 Å². The Bertz CT molecular complexity index is 979. The van der Waals surface area contributed by atoms with Crippen LogP contribution in [0.25, 0.3) is 22.3 Å². The number of esters is 1. The molecule has 0 atom stereocenters. The molecule has 5 nitrogen and oxygen atoms in total. The molecule has 0 aliphatic heterocycles. The number of rotatable bonds is 3. The van der Waals surface area contributed by atoms with Crippen molar-refractivity contribution in [2.24, 2.45) is 4.99 Å². The molecule has 0 unspecified atom stereocenters. The van der Waals surface area contributed by atoms with Gasteiger partial charge in [-0.1, -0.05) is 36.4 Å². The Morgan fingerprint density at radius 1 is 0.958 bits per heavy atom. The van der Waals surface area contributed by atoms with E-state index in [-0.39, 0.29) is 12.5 Å². The van der Waals surface area contributed by atoms with Crippen molar-refractivity contribution in [3.05, 3.63) is 59.8 Å². The quantitative estimate of drug-likeness (QED) is 0.545. The van der Waals surface area contributed by atoms with Crippen LogP contribution in [0.1, 0.15) is 18.2 Å². The molecule has 0 saturated carbocycles. The lowest BCUT2D eigenvalue weighted by Gasteiger charge is -2.03. The number of para-hydroxylation sites is 2. The highest BCUT2D eigenvalue weighted by Crippen LogP contribution is 2.35. The van der Waals surface area contributed by atoms with Crippen molar-refractivity contribution in [3.8, 4) is 11.3 Å². The fourth-order valence-corrected chi connectivity index (χ4v) is 2.89. The van der Waals surface area contributed by atoms with E-state index in [1.54, 1.807) is 6.92 Å². The second-order valence-electron chi connectivity index (χ2n) is 5.42. The van der Waals surface area contributed by atoms with Gasteiger partial charge in [-0.15, -0.1) is 0 Å². The summed E-state index contributed by atoms with van der Waals surface area (Å²) < 4.78 is 4.97. The van der Waals surface area contributed by atoms with Gasteiger partial charge in [-0.25, -0.2) is 9.97 Å². The summed E-state index contributed by atoms with van der Waals surface area (Å²) in [6, 6.07) is 15.6. The Morgan fingerprint density at radius 2 is 1.58 bits per heavy atom. The predicted octanol–water partition coefficient (Wildman–Crippen LogP) is 3.01. The number of ether oxygens (including phenoxy) is 1. The van der Waals surface area contributed by atoms with E-state index in [1.165, 1.54) is 0 Å². The van der Waals surface area contributed by atoms with Crippen LogP contribution in [0.5, 0.6) is 0 Å². The predicted molar refractivity (Wildman–Crippen MR) is 92.1 cm³/mol. The summed E-state index contributed by atoms with van der Waals surface area (Å²) in [7, 11) is 0. The van der Waals surface area contributed by atoms with E-state index in [0.29, 0.717) is 12.3 Å². The van der Waals surface area contributed by atoms with Crippen LogP contribution in [-0.4, -0.2) is 34.8 Å². The molecule has 0 saturated heterocycles. The molecule has 5 heteroatoms. The molecule has 24 heavy (non-hydrogen) atoms. The maximum Gasteiger partial charge on any atom is 0.327 e. The average Bonchev–Trinajstić information content (AvgIpc) is 2.91. The monoisotopic (exact) mass is 317 g/mol. The van der Waals surface area contributed by atoms with Crippen LogP contribution in [0.2, 0.25) is 0 Å². The van der Waals surface area contributed by atoms with Gasteiger partial charge >= 0.3 is 5.97 Å². The van der Waals surface area contributed by atoms with Crippen LogP contribution in [0.4, 0.5) is 0 Å². The first-order valence-corrected chi connectivity index (χ1v) is 7.85. The van der Waals surface area contributed by atoms with E-state index in [2.05, 4.69) is 4.99 Å². The zero-order valence-corrected chi connectivity index (χ0v) is 13.2. The molecule has 0 fully saturated rings. The standard InChI is InChI=1S/C19H15N3O2/c1-2-24-16(23)11-20-17-12-7-3-4-8-13(12)18-19(17)22-15-10-6-5-9-14(15)21-18/h3-10H,2,11H2,1H3. The normalized spacial score (nSPS) is 13.8. The first-order valence-electron chi connectivity index (χ1n) is 7.85. The van der Waals surface area contributed by atoms with E-state index in [4.69, 9.17) is 14.7 Å². The highest BCUT2D eigenvalue weighted by Gasteiger charge is 2.28. The molecular formula is C19H15N3O2. The largest absolute Gasteiger partial charge is 0.465 e. The lowest BCUT2D eigenvalue weighted by atomic mass is 10.1. The number of aliphatic imine (C=N–C) groups is 1. The Kier molecular flexibility index (Phi) is 3.54. The van der Waals surface area contributed by atoms with Crippen molar-refractivity contribution in [3.63, 3.8) is 0 Å². The minimum atomic E-state index is -0.343. The van der Waals surface area contributed by atoms with Gasteiger partial charge in [0.25, 0.3) is 0 Å². The van der Waals surface area contributed by atoms with Crippen molar-refractivity contribution in [2.75, 3.05) is 13.2 Å². The Labute approximate surface area is 139 Å². The van der Waals surface area contributed by atoms with Gasteiger partial charge in [-0.2, -0.15) is 0 Å². The summed E-state index contributed by atoms with van der Waals surface area (Å²) in [6.07, 6.45) is 0. The van der Waals surface area contributed by atoms with E-state index < -0.39 is 0 Å². The molecule has 1 aliphatic rings. The maximum absolute atomic E-state index is 11.7. The molecule has 2 aromatic carbocycles. The van der Waals surface area contributed by atoms with Gasteiger partial charge in [-0.05, 0) is 19.1 Å². The van der Waals surface area contributed by atoms with Gasteiger partial charge in [0.1, 0.15) is 12.2 Å². The third kappa shape index (κ3) is 2.34. The number of nitrogens with zero attached hydrogens (tertiary/aromatic N) is 3. The zero-order chi connectivity index (χ0) is 16.5. The Hall–Kier alpha value is -3.08. The fourth-order valence-electron chi connectivity index (χ4n) is 2.89. The first-order chi connectivity index (χ1) is 11.8. The zero-order valence-electron chi connectivity index (χ0n) is 13.2. The SMILES string of the molecule is CCOC(=O)CN=C1c2ccccc2-c2nc3ccccc3nc21. The van der Waals surface area contributed by atoms with Gasteiger partial charge in [0, 0.05) is 11.1 Å². The van der Waals surface area contributed by atoms with Gasteiger partial charge in [0.15, 0.2) is 0 Å². The van der Waals surface area contributed by atoms with Gasteiger partial charge < -0.3 is 4.74 Å². The van der Waals surface area contributed by atoms with Crippen molar-refractivity contribution >= 4 is 22.7 Å². The molecule has 0 radical (unpaired) electrons. The summed E-state index contributed by atoms with van der Waals surface area (Å²) in [6.45, 7) is 2.11. The third-order valence-corrected chi connectivity index (χ3v) is 3.90. The van der Waals surface area contributed by atoms with Crippen LogP contribution in [0.3, 0.4) is 0 Å². The average molecular weight is 317 g/mol. The summed E-state index contributed by atoms with van der Waals surface area (Å²) in [4.78, 5) is 25.6. The molecule has 1 aliphatic carbocycles. The van der Waals surface area contributed by atoms with Gasteiger partial charge in [0.05, 0.1) is 29.0 Å². The molecular weight excluding hydrogens is 302 g/mol. The molecule has 1 heterocycles. The lowest BCUT2D eigenvalue weighted by molar-refractivity contribution is -0.141. The number of aromatic nitrogens is 2. The minimum absolute atomic E-state index is 0.0224. The van der Waals surface area contributed by atoms with Crippen LogP contribution in [0.15, 0.2) is 53.5 Å². The second kappa shape index (κ2) is 5.85. The molecule has 1 aromatic heterocycles. The molecule has 0 bridgehead atoms. The lowest BCUT2D eigenvalue weighted by Crippen LogP contribution is -2.11. The van der Waals surface area contributed by atoms with Crippen LogP contribution >= 0.6 is 0 Å². The van der Waals surface area contributed by atoms with Crippen LogP contribution < -0.4 is 0 Å². The number of hydrogen-bond donors (Lipinski definition) is 0. The highest BCUT2D eigenvalue weighted by atomic mass is 16.5. The summed E-state index contributed by atoms with van der Waals surface area (Å²) in [5.41, 5.74) is 5.84. The summed E-state index contributed by atoms with van der Waals surface area (Å²) >= 11 is 0. The van der Waals surface area contributed by atoms with Crippen molar-refractivity contribution < 1.29 is 9.53 Å². The Balaban J connectivity index is 1.88. The highest BCUT2D eigenvalue weighted by molar-refractivity contribution is 6.23. The number of carbonyl (C=O) groups excluding carboxylic acids is 1. The molecule has 0 N–H and O–H groups in total. The van der Waals surface area contributed by atoms with Crippen LogP contribution in [0, 0.1) is 0 Å². The molecule has 0 amide bonds. The van der Waals surface area contributed by atoms with E-state index in [1.807, 2.05) is 48.5 Å². The second-order valence-corrected chi connectivity index (χ2v) is 5.42. The van der Waals surface area contributed by atoms with E-state index in [9.17, 15) is 4.79 Å². The van der Waals surface area contributed by atoms with Crippen molar-refractivity contribution in [1.82, 2.24) is 9.97 Å². The van der Waals surface area contributed by atoms with E-state index >= 15 is 0 Å². The molecule has 3 aromatic rings. The third-order valence-electron chi connectivity index (χ3n) is 3.90. The van der Waals surface area contributed by atoms with Crippen LogP contribution in [-0.2, 0) is 9.53 Å². The summed E-state index contributed by atoms with van der Waals surface area (Å²) in [5, 5.41) is 0. The smallest absolute Gasteiger partial charge is 0.327 e. The minimum Gasteiger partial charge on any atom is -0.465 e. The van der Waals surface area contributed by atoms with Crippen molar-refractivity contribution in [1.29, 1.82) is 0 Å². The fraction of sp³-hybridized carbons (Fsp3) is 0.158. The summed E-state index contributed by atoms with van der Waals surface area (Å²) in [5.74, 6) is -0.343. The number of fused-ring (bicyclic) bond motifs is 4. The Morgan fingerprint density at radius 3 is 2.29 bits per heavy atom. The van der Waals surface area contributed by atoms with E-state index in [0.717, 1.165) is 33.5 Å². The number of benzene rings is 2. The molecule has 4 rings (SSSR count). The topological polar surface area (TPSA) is 64.4 Å². The molecule has 0 spiro atoms. The van der Waals surface area contributed by atoms with Gasteiger partial charge in [-0.3, -0.25) is 9.79 Å². The maximum atomic E-state index is 11.7. The number of carbonyl (C=O) groups is 1. The van der Waals surface area contributed by atoms with Gasteiger partial charge in [0.2, 0.25) is 0 Å². The first kappa shape index (κ1) is 14.5. The molecule has 118 valence electrons. The number of hydrogen-bond acceptors (Lipinski definition) is 5.